The van der Waals surface area contributed by atoms with Gasteiger partial charge in [-0.15, -0.1) is 0 Å². The molecule has 16 nitrogen and oxygen atoms in total. The summed E-state index contributed by atoms with van der Waals surface area (Å²) in [6.07, 6.45) is 3.54. The van der Waals surface area contributed by atoms with Gasteiger partial charge in [0.25, 0.3) is 5.96 Å². The number of likely N-dealkylation sites (tertiary alicyclic amines) is 1. The smallest absolute Gasteiger partial charge is 0.306 e. The molecule has 2 aromatic carbocycles. The first-order valence-corrected chi connectivity index (χ1v) is 18.1. The van der Waals surface area contributed by atoms with Crippen molar-refractivity contribution in [2.75, 3.05) is 26.2 Å². The van der Waals surface area contributed by atoms with Gasteiger partial charge in [-0.2, -0.15) is 4.72 Å². The van der Waals surface area contributed by atoms with E-state index in [4.69, 9.17) is 15.2 Å². The van der Waals surface area contributed by atoms with Crippen molar-refractivity contribution in [2.24, 2.45) is 16.8 Å². The van der Waals surface area contributed by atoms with Crippen LogP contribution in [0, 0.1) is 23.0 Å². The average molecular weight is 726 g/mol. The number of hydrazone groups is 1. The summed E-state index contributed by atoms with van der Waals surface area (Å²) < 4.78 is 40.4. The molecule has 17 heteroatoms. The molecule has 0 bridgehead atoms. The van der Waals surface area contributed by atoms with E-state index in [2.05, 4.69) is 20.1 Å². The molecule has 1 amide bonds. The van der Waals surface area contributed by atoms with Gasteiger partial charge in [-0.05, 0) is 68.2 Å². The molecule has 0 radical (unpaired) electrons. The number of pyridine rings is 1. The molecule has 1 atom stereocenters. The van der Waals surface area contributed by atoms with Crippen LogP contribution in [-0.4, -0.2) is 79.4 Å². The lowest BCUT2D eigenvalue weighted by Gasteiger charge is -2.34. The second-order valence-corrected chi connectivity index (χ2v) is 13.9. The van der Waals surface area contributed by atoms with Crippen LogP contribution in [0.2, 0.25) is 0 Å². The maximum absolute atomic E-state index is 13.8. The Kier molecular flexibility index (Phi) is 14.2. The first-order chi connectivity index (χ1) is 24.4. The van der Waals surface area contributed by atoms with Crippen molar-refractivity contribution in [3.05, 3.63) is 82.0 Å². The number of rotatable bonds is 17. The molecule has 0 spiro atoms. The highest BCUT2D eigenvalue weighted by molar-refractivity contribution is 7.89. The molecular formula is C34H43N7O9S. The number of sulfonamides is 1. The predicted molar refractivity (Wildman–Crippen MR) is 187 cm³/mol. The Morgan fingerprint density at radius 3 is 2.49 bits per heavy atom. The molecule has 1 fully saturated rings. The molecule has 1 aliphatic heterocycles. The number of aromatic nitrogens is 1. The quantitative estimate of drug-likeness (QED) is 0.0456. The largest absolute Gasteiger partial charge is 0.466 e. The summed E-state index contributed by atoms with van der Waals surface area (Å²) in [5, 5.41) is 15.8. The second-order valence-electron chi connectivity index (χ2n) is 12.2. The molecule has 2 heterocycles. The Morgan fingerprint density at radius 1 is 1.08 bits per heavy atom. The van der Waals surface area contributed by atoms with E-state index in [9.17, 15) is 32.9 Å². The van der Waals surface area contributed by atoms with E-state index in [1.165, 1.54) is 6.07 Å². The highest BCUT2D eigenvalue weighted by Gasteiger charge is 2.32. The Bertz CT molecular complexity index is 1820. The minimum atomic E-state index is -4.20. The molecule has 4 N–H and O–H groups in total. The van der Waals surface area contributed by atoms with E-state index in [1.54, 1.807) is 23.2 Å². The molecule has 274 valence electrons. The zero-order chi connectivity index (χ0) is 36.8. The van der Waals surface area contributed by atoms with Crippen LogP contribution in [0.5, 0.6) is 0 Å². The van der Waals surface area contributed by atoms with Crippen molar-refractivity contribution in [3.63, 3.8) is 0 Å². The van der Waals surface area contributed by atoms with Gasteiger partial charge in [0.05, 0.1) is 25.0 Å². The molecule has 0 unspecified atom stereocenters. The Balaban J connectivity index is 1.28. The van der Waals surface area contributed by atoms with Crippen LogP contribution < -0.4 is 15.8 Å². The topological polar surface area (TPSA) is 226 Å². The van der Waals surface area contributed by atoms with Crippen LogP contribution >= 0.6 is 0 Å². The summed E-state index contributed by atoms with van der Waals surface area (Å²) >= 11 is 0. The number of amides is 1. The van der Waals surface area contributed by atoms with Crippen LogP contribution in [0.1, 0.15) is 56.1 Å². The number of piperidine rings is 1. The third-order valence-electron chi connectivity index (χ3n) is 8.35. The number of nitrogens with one attached hydrogen (secondary N) is 2. The number of para-hydroxylation sites is 1. The lowest BCUT2D eigenvalue weighted by Crippen LogP contribution is -2.51. The van der Waals surface area contributed by atoms with Crippen molar-refractivity contribution >= 4 is 44.7 Å². The molecule has 1 aromatic heterocycles. The monoisotopic (exact) mass is 725 g/mol. The van der Waals surface area contributed by atoms with Crippen LogP contribution in [0.15, 0.2) is 70.8 Å². The number of nitrogens with two attached hydrogens (primary N) is 1. The van der Waals surface area contributed by atoms with Crippen LogP contribution in [0.4, 0.5) is 0 Å². The number of esters is 2. The Labute approximate surface area is 296 Å². The van der Waals surface area contributed by atoms with Crippen molar-refractivity contribution in [3.8, 4) is 0 Å². The first-order valence-electron chi connectivity index (χ1n) is 16.7. The van der Waals surface area contributed by atoms with Crippen molar-refractivity contribution < 1.29 is 37.3 Å². The summed E-state index contributed by atoms with van der Waals surface area (Å²) in [7, 11) is -4.20. The average Bonchev–Trinajstić information content (AvgIpc) is 3.10. The summed E-state index contributed by atoms with van der Waals surface area (Å²) in [4.78, 5) is 54.4. The molecule has 1 saturated heterocycles. The Hall–Kier alpha value is -5.16. The molecule has 3 aromatic rings. The fourth-order valence-electron chi connectivity index (χ4n) is 5.68. The number of carbonyl (C=O) groups is 3. The third-order valence-corrected chi connectivity index (χ3v) is 9.86. The number of hydrogen-bond acceptors (Lipinski definition) is 10. The van der Waals surface area contributed by atoms with Crippen LogP contribution in [0.3, 0.4) is 0 Å². The molecule has 51 heavy (non-hydrogen) atoms. The molecule has 4 rings (SSSR count). The maximum Gasteiger partial charge on any atom is 0.306 e. The number of aryl methyl sites for hydroxylation is 1. The van der Waals surface area contributed by atoms with E-state index in [1.807, 2.05) is 43.3 Å². The maximum atomic E-state index is 13.8. The lowest BCUT2D eigenvalue weighted by molar-refractivity contribution is -0.485. The van der Waals surface area contributed by atoms with Gasteiger partial charge in [0.2, 0.25) is 15.9 Å². The van der Waals surface area contributed by atoms with Gasteiger partial charge < -0.3 is 25.4 Å². The zero-order valence-corrected chi connectivity index (χ0v) is 29.2. The summed E-state index contributed by atoms with van der Waals surface area (Å²) in [5.41, 5.74) is 7.48. The number of guanidine groups is 1. The fourth-order valence-corrected chi connectivity index (χ4v) is 7.08. The van der Waals surface area contributed by atoms with Gasteiger partial charge in [-0.1, -0.05) is 42.5 Å². The zero-order valence-electron chi connectivity index (χ0n) is 28.4. The minimum absolute atomic E-state index is 0.0596. The van der Waals surface area contributed by atoms with Crippen molar-refractivity contribution in [1.29, 1.82) is 0 Å². The van der Waals surface area contributed by atoms with Gasteiger partial charge >= 0.3 is 11.9 Å². The third kappa shape index (κ3) is 12.3. The second kappa shape index (κ2) is 18.7. The minimum Gasteiger partial charge on any atom is -0.466 e. The molecule has 0 saturated carbocycles. The predicted octanol–water partition coefficient (Wildman–Crippen LogP) is 2.76. The standard InChI is InChI=1S/C34H43N7O9S/c1-24-21-27-9-5-11-29(32(27)37-22-24)51(47,48)39-28(10-6-17-36-34(35)38-41(45)46)33(44)40-18-14-25(15-19-40)16-20-49-30(42)12-13-31(43)50-23-26-7-3-2-4-8-26/h2-5,7-9,11,21-22,25,28,39H,6,10,12-20,23H2,1H3,(H3,35,36,38)/t28-/m0/s1. The summed E-state index contributed by atoms with van der Waals surface area (Å²) in [6.45, 7) is 3.02. The summed E-state index contributed by atoms with van der Waals surface area (Å²) in [6, 6.07) is 14.7. The normalized spacial score (nSPS) is 14.5. The van der Waals surface area contributed by atoms with Crippen molar-refractivity contribution in [1.82, 2.24) is 19.9 Å². The molecule has 1 aliphatic rings. The summed E-state index contributed by atoms with van der Waals surface area (Å²) in [5.74, 6) is -1.62. The van der Waals surface area contributed by atoms with E-state index >= 15 is 0 Å². The number of ether oxygens (including phenoxy) is 2. The number of fused-ring (bicyclic) bond motifs is 1. The first kappa shape index (κ1) is 38.6. The number of hydrogen-bond donors (Lipinski definition) is 3. The number of benzene rings is 2. The van der Waals surface area contributed by atoms with Gasteiger partial charge in [-0.3, -0.25) is 19.4 Å². The van der Waals surface area contributed by atoms with Gasteiger partial charge in [0.15, 0.2) is 5.03 Å². The molecule has 0 aliphatic carbocycles. The SMILES string of the molecule is Cc1cnc2c(S(=O)(=O)N[C@@H](CCCN/C(N)=N/[N+](=O)[O-])C(=O)N3CCC(CCOC(=O)CCC(=O)OCc4ccccc4)CC3)cccc2c1. The van der Waals surface area contributed by atoms with E-state index in [0.717, 1.165) is 11.1 Å². The number of nitrogens with zero attached hydrogens (tertiary/aromatic N) is 4. The number of nitro groups is 1. The fraction of sp³-hybridized carbons (Fsp3) is 0.441. The van der Waals surface area contributed by atoms with Crippen LogP contribution in [0.25, 0.3) is 10.9 Å². The van der Waals surface area contributed by atoms with Crippen molar-refractivity contribution in [2.45, 2.75) is 69.4 Å². The Morgan fingerprint density at radius 2 is 1.78 bits per heavy atom. The van der Waals surface area contributed by atoms with E-state index < -0.39 is 44.9 Å². The van der Waals surface area contributed by atoms with Gasteiger partial charge in [0, 0.05) is 31.2 Å². The molecular weight excluding hydrogens is 682 g/mol. The number of carbonyl (C=O) groups excluding carboxylic acids is 3. The lowest BCUT2D eigenvalue weighted by atomic mass is 9.93. The van der Waals surface area contributed by atoms with E-state index in [-0.39, 0.29) is 61.8 Å². The highest BCUT2D eigenvalue weighted by atomic mass is 32.2. The van der Waals surface area contributed by atoms with E-state index in [0.29, 0.717) is 37.7 Å². The van der Waals surface area contributed by atoms with Crippen LogP contribution in [-0.2, 0) is 40.5 Å². The van der Waals surface area contributed by atoms with Gasteiger partial charge in [0.1, 0.15) is 22.6 Å². The highest BCUT2D eigenvalue weighted by Crippen LogP contribution is 2.24. The van der Waals surface area contributed by atoms with Gasteiger partial charge in [-0.25, -0.2) is 18.5 Å².